The van der Waals surface area contributed by atoms with Gasteiger partial charge in [-0.1, -0.05) is 32.0 Å². The molecule has 1 aromatic rings. The van der Waals surface area contributed by atoms with Crippen molar-refractivity contribution in [2.24, 2.45) is 17.6 Å². The summed E-state index contributed by atoms with van der Waals surface area (Å²) in [4.78, 5) is 0. The molecule has 1 aliphatic rings. The molecule has 21 heavy (non-hydrogen) atoms. The lowest BCUT2D eigenvalue weighted by atomic mass is 9.74. The molecule has 3 heteroatoms. The van der Waals surface area contributed by atoms with Crippen molar-refractivity contribution in [1.82, 2.24) is 0 Å². The minimum atomic E-state index is -0.147. The first-order valence-corrected chi connectivity index (χ1v) is 8.06. The molecule has 1 aromatic carbocycles. The molecule has 1 aliphatic carbocycles. The van der Waals surface area contributed by atoms with Crippen LogP contribution in [0.4, 0.5) is 0 Å². The van der Waals surface area contributed by atoms with Crippen LogP contribution in [0, 0.1) is 11.8 Å². The van der Waals surface area contributed by atoms with Crippen molar-refractivity contribution >= 4 is 0 Å². The second-order valence-electron chi connectivity index (χ2n) is 6.57. The Kier molecular flexibility index (Phi) is 5.65. The summed E-state index contributed by atoms with van der Waals surface area (Å²) < 4.78 is 11.7. The van der Waals surface area contributed by atoms with E-state index in [-0.39, 0.29) is 5.60 Å². The van der Waals surface area contributed by atoms with Crippen LogP contribution in [-0.4, -0.2) is 19.3 Å². The molecule has 0 saturated heterocycles. The third-order valence-electron chi connectivity index (χ3n) is 4.98. The molecule has 1 saturated carbocycles. The molecule has 0 radical (unpaired) electrons. The van der Waals surface area contributed by atoms with Crippen molar-refractivity contribution in [3.8, 4) is 5.75 Å². The Morgan fingerprint density at radius 1 is 1.24 bits per heavy atom. The van der Waals surface area contributed by atoms with Gasteiger partial charge in [0.25, 0.3) is 0 Å². The largest absolute Gasteiger partial charge is 0.496 e. The van der Waals surface area contributed by atoms with Crippen LogP contribution < -0.4 is 10.5 Å². The highest BCUT2D eigenvalue weighted by molar-refractivity contribution is 5.32. The van der Waals surface area contributed by atoms with Gasteiger partial charge < -0.3 is 15.2 Å². The summed E-state index contributed by atoms with van der Waals surface area (Å²) >= 11 is 0. The number of ether oxygens (including phenoxy) is 2. The maximum Gasteiger partial charge on any atom is 0.124 e. The van der Waals surface area contributed by atoms with Crippen LogP contribution in [0.5, 0.6) is 5.75 Å². The van der Waals surface area contributed by atoms with Gasteiger partial charge in [0, 0.05) is 12.1 Å². The molecule has 0 spiro atoms. The van der Waals surface area contributed by atoms with Gasteiger partial charge in [-0.25, -0.2) is 0 Å². The Morgan fingerprint density at radius 2 is 1.90 bits per heavy atom. The Balaban J connectivity index is 1.97. The number of rotatable bonds is 6. The fraction of sp³-hybridized carbons (Fsp3) is 0.667. The second kappa shape index (κ2) is 7.28. The van der Waals surface area contributed by atoms with Gasteiger partial charge in [-0.3, -0.25) is 0 Å². The lowest BCUT2D eigenvalue weighted by Crippen LogP contribution is -2.44. The van der Waals surface area contributed by atoms with Gasteiger partial charge in [0.1, 0.15) is 5.75 Å². The van der Waals surface area contributed by atoms with Crippen LogP contribution in [0.1, 0.15) is 45.1 Å². The third-order valence-corrected chi connectivity index (χ3v) is 4.98. The first kappa shape index (κ1) is 16.3. The van der Waals surface area contributed by atoms with Crippen LogP contribution >= 0.6 is 0 Å². The van der Waals surface area contributed by atoms with Gasteiger partial charge in [-0.15, -0.1) is 0 Å². The van der Waals surface area contributed by atoms with E-state index in [0.29, 0.717) is 13.2 Å². The van der Waals surface area contributed by atoms with Crippen LogP contribution in [0.25, 0.3) is 0 Å². The van der Waals surface area contributed by atoms with Crippen LogP contribution in [0.15, 0.2) is 24.3 Å². The minimum Gasteiger partial charge on any atom is -0.496 e. The summed E-state index contributed by atoms with van der Waals surface area (Å²) in [6.45, 7) is 5.81. The standard InChI is InChI=1S/C18H29NO2/c1-14(2)15-8-10-18(13-19,11-9-15)21-12-16-6-4-5-7-17(16)20-3/h4-7,14-15H,8-13,19H2,1-3H3. The topological polar surface area (TPSA) is 44.5 Å². The number of methoxy groups -OCH3 is 1. The summed E-state index contributed by atoms with van der Waals surface area (Å²) in [6.07, 6.45) is 4.59. The highest BCUT2D eigenvalue weighted by Crippen LogP contribution is 2.38. The zero-order chi connectivity index (χ0) is 15.3. The highest BCUT2D eigenvalue weighted by Gasteiger charge is 2.36. The van der Waals surface area contributed by atoms with E-state index in [4.69, 9.17) is 15.2 Å². The fourth-order valence-corrected chi connectivity index (χ4v) is 3.29. The Bertz CT molecular complexity index is 437. The molecule has 0 heterocycles. The Labute approximate surface area is 128 Å². The number of nitrogens with two attached hydrogens (primary N) is 1. The Hall–Kier alpha value is -1.06. The number of hydrogen-bond acceptors (Lipinski definition) is 3. The Morgan fingerprint density at radius 3 is 2.48 bits per heavy atom. The van der Waals surface area contributed by atoms with Gasteiger partial charge in [-0.2, -0.15) is 0 Å². The lowest BCUT2D eigenvalue weighted by Gasteiger charge is -2.40. The zero-order valence-corrected chi connectivity index (χ0v) is 13.6. The van der Waals surface area contributed by atoms with Crippen LogP contribution in [0.2, 0.25) is 0 Å². The summed E-state index contributed by atoms with van der Waals surface area (Å²) in [7, 11) is 1.70. The molecule has 118 valence electrons. The van der Waals surface area contributed by atoms with Crippen molar-refractivity contribution in [3.63, 3.8) is 0 Å². The van der Waals surface area contributed by atoms with E-state index in [2.05, 4.69) is 19.9 Å². The van der Waals surface area contributed by atoms with E-state index in [0.717, 1.165) is 36.0 Å². The van der Waals surface area contributed by atoms with Gasteiger partial charge in [-0.05, 0) is 43.6 Å². The summed E-state index contributed by atoms with van der Waals surface area (Å²) in [5.74, 6) is 2.47. The molecule has 2 N–H and O–H groups in total. The normalized spacial score (nSPS) is 26.0. The molecule has 1 fully saturated rings. The number of benzene rings is 1. The smallest absolute Gasteiger partial charge is 0.124 e. The van der Waals surface area contributed by atoms with E-state index in [1.165, 1.54) is 12.8 Å². The van der Waals surface area contributed by atoms with Crippen molar-refractivity contribution in [3.05, 3.63) is 29.8 Å². The average molecular weight is 291 g/mol. The zero-order valence-electron chi connectivity index (χ0n) is 13.6. The molecule has 0 atom stereocenters. The fourth-order valence-electron chi connectivity index (χ4n) is 3.29. The van der Waals surface area contributed by atoms with Crippen LogP contribution in [-0.2, 0) is 11.3 Å². The molecular formula is C18H29NO2. The van der Waals surface area contributed by atoms with Gasteiger partial charge in [0.15, 0.2) is 0 Å². The summed E-state index contributed by atoms with van der Waals surface area (Å²) in [6, 6.07) is 8.03. The molecule has 0 amide bonds. The second-order valence-corrected chi connectivity index (χ2v) is 6.57. The number of hydrogen-bond donors (Lipinski definition) is 1. The van der Waals surface area contributed by atoms with E-state index in [1.54, 1.807) is 7.11 Å². The molecule has 0 unspecified atom stereocenters. The maximum atomic E-state index is 6.27. The van der Waals surface area contributed by atoms with E-state index < -0.39 is 0 Å². The third kappa shape index (κ3) is 3.98. The first-order chi connectivity index (χ1) is 10.1. The monoisotopic (exact) mass is 291 g/mol. The molecule has 0 bridgehead atoms. The average Bonchev–Trinajstić information content (AvgIpc) is 2.53. The molecule has 0 aromatic heterocycles. The van der Waals surface area contributed by atoms with E-state index >= 15 is 0 Å². The summed E-state index contributed by atoms with van der Waals surface area (Å²) in [5, 5.41) is 0. The van der Waals surface area contributed by atoms with Gasteiger partial charge in [0.05, 0.1) is 19.3 Å². The molecule has 0 aliphatic heterocycles. The van der Waals surface area contributed by atoms with Crippen molar-refractivity contribution in [1.29, 1.82) is 0 Å². The van der Waals surface area contributed by atoms with Crippen LogP contribution in [0.3, 0.4) is 0 Å². The predicted octanol–water partition coefficient (Wildman–Crippen LogP) is 3.76. The lowest BCUT2D eigenvalue weighted by molar-refractivity contribution is -0.0844. The molecule has 2 rings (SSSR count). The van der Waals surface area contributed by atoms with Crippen molar-refractivity contribution < 1.29 is 9.47 Å². The first-order valence-electron chi connectivity index (χ1n) is 8.06. The number of para-hydroxylation sites is 1. The van der Waals surface area contributed by atoms with E-state index in [9.17, 15) is 0 Å². The van der Waals surface area contributed by atoms with Crippen molar-refractivity contribution in [2.45, 2.75) is 51.7 Å². The SMILES string of the molecule is COc1ccccc1COC1(CN)CCC(C(C)C)CC1. The van der Waals surface area contributed by atoms with E-state index in [1.807, 2.05) is 18.2 Å². The minimum absolute atomic E-state index is 0.147. The van der Waals surface area contributed by atoms with Gasteiger partial charge >= 0.3 is 0 Å². The highest BCUT2D eigenvalue weighted by atomic mass is 16.5. The quantitative estimate of drug-likeness (QED) is 0.868. The van der Waals surface area contributed by atoms with Gasteiger partial charge in [0.2, 0.25) is 0 Å². The molecular weight excluding hydrogens is 262 g/mol. The maximum absolute atomic E-state index is 6.27. The molecule has 3 nitrogen and oxygen atoms in total. The van der Waals surface area contributed by atoms with Crippen molar-refractivity contribution in [2.75, 3.05) is 13.7 Å². The predicted molar refractivity (Wildman–Crippen MR) is 86.4 cm³/mol. The summed E-state index contributed by atoms with van der Waals surface area (Å²) in [5.41, 5.74) is 6.99.